The second-order valence-corrected chi connectivity index (χ2v) is 5.98. The third-order valence-corrected chi connectivity index (χ3v) is 4.50. The molecule has 0 amide bonds. The second kappa shape index (κ2) is 6.72. The zero-order valence-corrected chi connectivity index (χ0v) is 12.1. The summed E-state index contributed by atoms with van der Waals surface area (Å²) < 4.78 is 0. The van der Waals surface area contributed by atoms with E-state index in [1.54, 1.807) is 0 Å². The van der Waals surface area contributed by atoms with Crippen molar-refractivity contribution >= 4 is 0 Å². The van der Waals surface area contributed by atoms with Crippen molar-refractivity contribution in [3.05, 3.63) is 0 Å². The van der Waals surface area contributed by atoms with Crippen LogP contribution in [0.2, 0.25) is 0 Å². The Morgan fingerprint density at radius 3 is 2.41 bits per heavy atom. The van der Waals surface area contributed by atoms with E-state index < -0.39 is 0 Å². The van der Waals surface area contributed by atoms with E-state index in [4.69, 9.17) is 0 Å². The molecule has 0 aromatic rings. The van der Waals surface area contributed by atoms with Gasteiger partial charge in [0.2, 0.25) is 0 Å². The Bertz CT molecular complexity index is 208. The van der Waals surface area contributed by atoms with Gasteiger partial charge in [0.1, 0.15) is 0 Å². The first-order valence-corrected chi connectivity index (χ1v) is 7.03. The molecule has 17 heavy (non-hydrogen) atoms. The van der Waals surface area contributed by atoms with Crippen molar-refractivity contribution in [2.75, 3.05) is 46.9 Å². The highest BCUT2D eigenvalue weighted by Crippen LogP contribution is 2.27. The molecule has 1 unspecified atom stereocenters. The molecule has 1 aliphatic heterocycles. The number of hydrogen-bond donors (Lipinski definition) is 1. The van der Waals surface area contributed by atoms with Crippen molar-refractivity contribution in [1.29, 1.82) is 0 Å². The van der Waals surface area contributed by atoms with Gasteiger partial charge in [0, 0.05) is 31.7 Å². The van der Waals surface area contributed by atoms with Crippen molar-refractivity contribution in [2.24, 2.45) is 11.3 Å². The van der Waals surface area contributed by atoms with E-state index in [0.29, 0.717) is 6.61 Å². The highest BCUT2D eigenvalue weighted by molar-refractivity contribution is 4.81. The maximum Gasteiger partial charge on any atom is 0.0499 e. The Hall–Kier alpha value is -0.120. The average molecular weight is 242 g/mol. The minimum Gasteiger partial charge on any atom is -0.396 e. The van der Waals surface area contributed by atoms with Gasteiger partial charge in [-0.25, -0.2) is 0 Å². The van der Waals surface area contributed by atoms with Gasteiger partial charge in [-0.05, 0) is 45.8 Å². The van der Waals surface area contributed by atoms with Crippen LogP contribution in [0.1, 0.15) is 33.1 Å². The quantitative estimate of drug-likeness (QED) is 0.735. The van der Waals surface area contributed by atoms with Crippen molar-refractivity contribution < 1.29 is 5.11 Å². The maximum absolute atomic E-state index is 9.59. The lowest BCUT2D eigenvalue weighted by Gasteiger charge is -2.35. The predicted octanol–water partition coefficient (Wildman–Crippen LogP) is 1.67. The number of rotatable bonds is 7. The van der Waals surface area contributed by atoms with Crippen molar-refractivity contribution in [2.45, 2.75) is 33.1 Å². The van der Waals surface area contributed by atoms with E-state index in [9.17, 15) is 5.11 Å². The normalized spacial score (nSPS) is 22.6. The number of likely N-dealkylation sites (tertiary alicyclic amines) is 1. The fourth-order valence-electron chi connectivity index (χ4n) is 3.00. The van der Waals surface area contributed by atoms with Crippen molar-refractivity contribution in [3.8, 4) is 0 Å². The molecule has 1 aliphatic rings. The Morgan fingerprint density at radius 2 is 2.00 bits per heavy atom. The molecular formula is C14H30N2O. The largest absolute Gasteiger partial charge is 0.396 e. The van der Waals surface area contributed by atoms with Gasteiger partial charge in [0.15, 0.2) is 0 Å². The molecule has 1 fully saturated rings. The zero-order valence-electron chi connectivity index (χ0n) is 12.1. The first kappa shape index (κ1) is 14.9. The molecule has 0 radical (unpaired) electrons. The molecule has 1 heterocycles. The van der Waals surface area contributed by atoms with Crippen LogP contribution in [0.5, 0.6) is 0 Å². The second-order valence-electron chi connectivity index (χ2n) is 5.98. The Balaban J connectivity index is 2.39. The molecule has 0 aliphatic carbocycles. The summed E-state index contributed by atoms with van der Waals surface area (Å²) in [5.74, 6) is 0.815. The van der Waals surface area contributed by atoms with Gasteiger partial charge in [0.25, 0.3) is 0 Å². The standard InChI is InChI=1S/C14H30N2O/c1-5-14(6-2,12-17)11-16(4)10-13-7-8-15(3)9-13/h13,17H,5-12H2,1-4H3. The fourth-order valence-corrected chi connectivity index (χ4v) is 3.00. The SMILES string of the molecule is CCC(CC)(CO)CN(C)CC1CCN(C)C1. The number of hydrogen-bond acceptors (Lipinski definition) is 3. The van der Waals surface area contributed by atoms with Crippen LogP contribution in [0.3, 0.4) is 0 Å². The Morgan fingerprint density at radius 1 is 1.35 bits per heavy atom. The van der Waals surface area contributed by atoms with Gasteiger partial charge in [-0.3, -0.25) is 0 Å². The lowest BCUT2D eigenvalue weighted by Crippen LogP contribution is -2.40. The molecule has 0 aromatic carbocycles. The highest BCUT2D eigenvalue weighted by Gasteiger charge is 2.28. The molecule has 0 saturated carbocycles. The fraction of sp³-hybridized carbons (Fsp3) is 1.00. The molecule has 0 bridgehead atoms. The molecule has 0 spiro atoms. The van der Waals surface area contributed by atoms with Crippen molar-refractivity contribution in [3.63, 3.8) is 0 Å². The molecule has 1 atom stereocenters. The summed E-state index contributed by atoms with van der Waals surface area (Å²) in [6.07, 6.45) is 3.45. The van der Waals surface area contributed by atoms with Gasteiger partial charge in [-0.1, -0.05) is 13.8 Å². The zero-order chi connectivity index (χ0) is 12.9. The molecular weight excluding hydrogens is 212 g/mol. The van der Waals surface area contributed by atoms with Crippen LogP contribution in [0.15, 0.2) is 0 Å². The first-order valence-electron chi connectivity index (χ1n) is 7.03. The summed E-state index contributed by atoms with van der Waals surface area (Å²) in [7, 11) is 4.41. The van der Waals surface area contributed by atoms with Crippen LogP contribution in [0, 0.1) is 11.3 Å². The first-order chi connectivity index (χ1) is 8.05. The molecule has 0 aromatic heterocycles. The summed E-state index contributed by atoms with van der Waals surface area (Å²) in [5.41, 5.74) is 0.110. The molecule has 102 valence electrons. The minimum atomic E-state index is 0.110. The van der Waals surface area contributed by atoms with Gasteiger partial charge >= 0.3 is 0 Å². The minimum absolute atomic E-state index is 0.110. The molecule has 1 saturated heterocycles. The van der Waals surface area contributed by atoms with E-state index in [2.05, 4.69) is 37.7 Å². The monoisotopic (exact) mass is 242 g/mol. The van der Waals surface area contributed by atoms with Crippen LogP contribution in [-0.4, -0.2) is 61.8 Å². The number of aliphatic hydroxyl groups is 1. The summed E-state index contributed by atoms with van der Waals surface area (Å²) >= 11 is 0. The summed E-state index contributed by atoms with van der Waals surface area (Å²) in [6, 6.07) is 0. The van der Waals surface area contributed by atoms with Crippen LogP contribution >= 0.6 is 0 Å². The molecule has 1 rings (SSSR count). The maximum atomic E-state index is 9.59. The van der Waals surface area contributed by atoms with Gasteiger partial charge in [-0.2, -0.15) is 0 Å². The van der Waals surface area contributed by atoms with Crippen LogP contribution in [0.4, 0.5) is 0 Å². The third-order valence-electron chi connectivity index (χ3n) is 4.50. The number of nitrogens with zero attached hydrogens (tertiary/aromatic N) is 2. The van der Waals surface area contributed by atoms with E-state index in [-0.39, 0.29) is 5.41 Å². The van der Waals surface area contributed by atoms with E-state index >= 15 is 0 Å². The average Bonchev–Trinajstić information content (AvgIpc) is 2.72. The van der Waals surface area contributed by atoms with E-state index in [0.717, 1.165) is 25.3 Å². The van der Waals surface area contributed by atoms with Crippen LogP contribution < -0.4 is 0 Å². The van der Waals surface area contributed by atoms with E-state index in [1.165, 1.54) is 26.1 Å². The summed E-state index contributed by atoms with van der Waals surface area (Å²) in [5, 5.41) is 9.59. The van der Waals surface area contributed by atoms with Gasteiger partial charge < -0.3 is 14.9 Å². The highest BCUT2D eigenvalue weighted by atomic mass is 16.3. The van der Waals surface area contributed by atoms with Crippen LogP contribution in [-0.2, 0) is 0 Å². The summed E-state index contributed by atoms with van der Waals surface area (Å²) in [4.78, 5) is 4.84. The predicted molar refractivity (Wildman–Crippen MR) is 73.2 cm³/mol. The Labute approximate surface area is 107 Å². The molecule has 3 heteroatoms. The Kier molecular flexibility index (Phi) is 5.90. The van der Waals surface area contributed by atoms with Crippen molar-refractivity contribution in [1.82, 2.24) is 9.80 Å². The molecule has 1 N–H and O–H groups in total. The number of aliphatic hydroxyl groups excluding tert-OH is 1. The molecule has 3 nitrogen and oxygen atoms in total. The van der Waals surface area contributed by atoms with Crippen LogP contribution in [0.25, 0.3) is 0 Å². The summed E-state index contributed by atoms with van der Waals surface area (Å²) in [6.45, 7) is 9.37. The van der Waals surface area contributed by atoms with Gasteiger partial charge in [-0.15, -0.1) is 0 Å². The lowest BCUT2D eigenvalue weighted by molar-refractivity contribution is 0.0704. The van der Waals surface area contributed by atoms with E-state index in [1.807, 2.05) is 0 Å². The topological polar surface area (TPSA) is 26.7 Å². The smallest absolute Gasteiger partial charge is 0.0499 e. The van der Waals surface area contributed by atoms with Gasteiger partial charge in [0.05, 0.1) is 0 Å². The third kappa shape index (κ3) is 4.23. The lowest BCUT2D eigenvalue weighted by atomic mass is 9.82.